The number of nitrogens with zero attached hydrogens (tertiary/aromatic N) is 1. The van der Waals surface area contributed by atoms with Gasteiger partial charge in [0.05, 0.1) is 6.54 Å². The molecule has 0 saturated carbocycles. The van der Waals surface area contributed by atoms with Crippen molar-refractivity contribution in [1.82, 2.24) is 16.0 Å². The molecule has 0 spiro atoms. The lowest BCUT2D eigenvalue weighted by molar-refractivity contribution is 0.0955. The van der Waals surface area contributed by atoms with Gasteiger partial charge in [-0.1, -0.05) is 20.8 Å². The minimum Gasteiger partial charge on any atom is -0.508 e. The van der Waals surface area contributed by atoms with Crippen LogP contribution in [0, 0.1) is 5.41 Å². The topological polar surface area (TPSA) is 85.8 Å². The van der Waals surface area contributed by atoms with Crippen LogP contribution in [-0.4, -0.2) is 42.6 Å². The van der Waals surface area contributed by atoms with Crippen LogP contribution in [0.2, 0.25) is 0 Å². The Kier molecular flexibility index (Phi) is 12.1. The van der Waals surface area contributed by atoms with E-state index in [4.69, 9.17) is 0 Å². The molecule has 1 amide bonds. The van der Waals surface area contributed by atoms with Crippen LogP contribution in [0.4, 0.5) is 0 Å². The van der Waals surface area contributed by atoms with Crippen LogP contribution in [0.25, 0.3) is 0 Å². The van der Waals surface area contributed by atoms with Crippen LogP contribution in [-0.2, 0) is 0 Å². The number of aromatic hydroxyl groups is 1. The van der Waals surface area contributed by atoms with E-state index in [9.17, 15) is 9.90 Å². The Morgan fingerprint density at radius 2 is 1.81 bits per heavy atom. The molecule has 1 atom stereocenters. The van der Waals surface area contributed by atoms with Crippen molar-refractivity contribution in [3.63, 3.8) is 0 Å². The fourth-order valence-corrected chi connectivity index (χ4v) is 2.33. The summed E-state index contributed by atoms with van der Waals surface area (Å²) in [4.78, 5) is 16.5. The van der Waals surface area contributed by atoms with Crippen molar-refractivity contribution in [1.29, 1.82) is 0 Å². The smallest absolute Gasteiger partial charge is 0.251 e. The number of rotatable bonds is 8. The van der Waals surface area contributed by atoms with Gasteiger partial charge in [-0.05, 0) is 56.4 Å². The first-order valence-corrected chi connectivity index (χ1v) is 9.33. The molecule has 7 heteroatoms. The van der Waals surface area contributed by atoms with E-state index in [2.05, 4.69) is 48.6 Å². The largest absolute Gasteiger partial charge is 0.508 e. The molecule has 6 nitrogen and oxygen atoms in total. The molecule has 0 saturated heterocycles. The second-order valence-electron chi connectivity index (χ2n) is 7.71. The molecule has 0 heterocycles. The predicted octanol–water partition coefficient (Wildman–Crippen LogP) is 3.51. The highest BCUT2D eigenvalue weighted by Crippen LogP contribution is 2.21. The monoisotopic (exact) mass is 490 g/mol. The Bertz CT molecular complexity index is 583. The summed E-state index contributed by atoms with van der Waals surface area (Å²) in [6, 6.07) is 6.52. The summed E-state index contributed by atoms with van der Waals surface area (Å²) in [7, 11) is 0. The third-order valence-electron chi connectivity index (χ3n) is 3.85. The molecule has 0 aliphatic rings. The van der Waals surface area contributed by atoms with Gasteiger partial charge in [-0.15, -0.1) is 24.0 Å². The number of nitrogens with one attached hydrogen (secondary N) is 3. The molecule has 0 fully saturated rings. The predicted molar refractivity (Wildman–Crippen MR) is 123 cm³/mol. The molecule has 154 valence electrons. The van der Waals surface area contributed by atoms with Crippen molar-refractivity contribution in [2.75, 3.05) is 19.6 Å². The molecule has 27 heavy (non-hydrogen) atoms. The number of phenolic OH excluding ortho intramolecular Hbond substituents is 1. The number of amides is 1. The normalized spacial score (nSPS) is 12.7. The molecule has 1 unspecified atom stereocenters. The third kappa shape index (κ3) is 11.7. The summed E-state index contributed by atoms with van der Waals surface area (Å²) in [5.41, 5.74) is 0.844. The van der Waals surface area contributed by atoms with Gasteiger partial charge in [0.2, 0.25) is 0 Å². The average molecular weight is 490 g/mol. The fourth-order valence-electron chi connectivity index (χ4n) is 2.33. The first kappa shape index (κ1) is 25.5. The van der Waals surface area contributed by atoms with Crippen LogP contribution >= 0.6 is 24.0 Å². The summed E-state index contributed by atoms with van der Waals surface area (Å²) in [5.74, 6) is 0.748. The number of aliphatic imine (C=N–C) groups is 1. The first-order valence-electron chi connectivity index (χ1n) is 9.33. The Labute approximate surface area is 180 Å². The Balaban J connectivity index is 0.00000676. The van der Waals surface area contributed by atoms with Gasteiger partial charge in [0.1, 0.15) is 5.75 Å². The molecule has 0 aliphatic heterocycles. The van der Waals surface area contributed by atoms with Crippen LogP contribution in [0.3, 0.4) is 0 Å². The molecule has 1 aromatic rings. The highest BCUT2D eigenvalue weighted by molar-refractivity contribution is 14.0. The fraction of sp³-hybridized carbons (Fsp3) is 0.600. The summed E-state index contributed by atoms with van der Waals surface area (Å²) in [6.07, 6.45) is 2.22. The van der Waals surface area contributed by atoms with E-state index < -0.39 is 0 Å². The molecule has 0 radical (unpaired) electrons. The molecule has 1 rings (SSSR count). The van der Waals surface area contributed by atoms with Crippen LogP contribution in [0.15, 0.2) is 29.3 Å². The summed E-state index contributed by atoms with van der Waals surface area (Å²) >= 11 is 0. The molecule has 0 aromatic heterocycles. The van der Waals surface area contributed by atoms with Crippen molar-refractivity contribution >= 4 is 35.8 Å². The van der Waals surface area contributed by atoms with E-state index in [0.717, 1.165) is 25.3 Å². The number of halogens is 1. The zero-order valence-electron chi connectivity index (χ0n) is 17.1. The lowest BCUT2D eigenvalue weighted by Crippen LogP contribution is -2.43. The molecular weight excluding hydrogens is 455 g/mol. The lowest BCUT2D eigenvalue weighted by Gasteiger charge is -2.23. The number of hydrogen-bond acceptors (Lipinski definition) is 3. The van der Waals surface area contributed by atoms with Crippen molar-refractivity contribution < 1.29 is 9.90 Å². The number of carbonyl (C=O) groups excluding carboxylic acids is 1. The Morgan fingerprint density at radius 3 is 2.37 bits per heavy atom. The quantitative estimate of drug-likeness (QED) is 0.195. The van der Waals surface area contributed by atoms with Crippen LogP contribution < -0.4 is 16.0 Å². The molecule has 0 aliphatic carbocycles. The maximum absolute atomic E-state index is 12.0. The number of benzene rings is 1. The van der Waals surface area contributed by atoms with Gasteiger partial charge in [0.25, 0.3) is 5.91 Å². The van der Waals surface area contributed by atoms with E-state index in [1.165, 1.54) is 12.1 Å². The van der Waals surface area contributed by atoms with Gasteiger partial charge in [-0.2, -0.15) is 0 Å². The van der Waals surface area contributed by atoms with E-state index in [1.807, 2.05) is 6.92 Å². The number of carbonyl (C=O) groups is 1. The Hall–Kier alpha value is -1.51. The van der Waals surface area contributed by atoms with Crippen molar-refractivity contribution in [2.24, 2.45) is 10.4 Å². The Morgan fingerprint density at radius 1 is 1.19 bits per heavy atom. The summed E-state index contributed by atoms with van der Waals surface area (Å²) in [6.45, 7) is 12.7. The van der Waals surface area contributed by atoms with Crippen LogP contribution in [0.1, 0.15) is 57.8 Å². The average Bonchev–Trinajstić information content (AvgIpc) is 2.57. The summed E-state index contributed by atoms with van der Waals surface area (Å²) in [5, 5.41) is 18.7. The minimum atomic E-state index is -0.170. The zero-order valence-corrected chi connectivity index (χ0v) is 19.5. The summed E-state index contributed by atoms with van der Waals surface area (Å²) < 4.78 is 0. The van der Waals surface area contributed by atoms with Gasteiger partial charge in [0, 0.05) is 24.7 Å². The molecular formula is C20H35IN4O2. The van der Waals surface area contributed by atoms with Gasteiger partial charge in [0.15, 0.2) is 5.96 Å². The molecule has 1 aromatic carbocycles. The lowest BCUT2D eigenvalue weighted by atomic mass is 9.89. The second kappa shape index (κ2) is 12.8. The van der Waals surface area contributed by atoms with E-state index >= 15 is 0 Å². The number of guanidine groups is 1. The van der Waals surface area contributed by atoms with Gasteiger partial charge in [-0.3, -0.25) is 9.79 Å². The maximum atomic E-state index is 12.0. The second-order valence-corrected chi connectivity index (χ2v) is 7.71. The third-order valence-corrected chi connectivity index (χ3v) is 3.85. The SMILES string of the molecule is CCNC(=NCCNC(=O)c1ccc(O)cc1)NC(C)CCC(C)(C)C.I. The van der Waals surface area contributed by atoms with Crippen molar-refractivity contribution in [2.45, 2.75) is 53.5 Å². The highest BCUT2D eigenvalue weighted by atomic mass is 127. The van der Waals surface area contributed by atoms with Gasteiger partial charge < -0.3 is 21.1 Å². The van der Waals surface area contributed by atoms with Gasteiger partial charge in [-0.25, -0.2) is 0 Å². The molecule has 4 N–H and O–H groups in total. The number of phenols is 1. The first-order chi connectivity index (χ1) is 12.2. The highest BCUT2D eigenvalue weighted by Gasteiger charge is 2.13. The minimum absolute atomic E-state index is 0. The standard InChI is InChI=1S/C20H34N4O2.HI/c1-6-21-19(24-15(2)11-12-20(3,4)5)23-14-13-22-18(26)16-7-9-17(25)10-8-16;/h7-10,15,25H,6,11-14H2,1-5H3,(H,22,26)(H2,21,23,24);1H. The van der Waals surface area contributed by atoms with E-state index in [-0.39, 0.29) is 35.6 Å². The van der Waals surface area contributed by atoms with Crippen LogP contribution in [0.5, 0.6) is 5.75 Å². The van der Waals surface area contributed by atoms with E-state index in [1.54, 1.807) is 12.1 Å². The zero-order chi connectivity index (χ0) is 19.6. The van der Waals surface area contributed by atoms with Gasteiger partial charge >= 0.3 is 0 Å². The molecule has 0 bridgehead atoms. The van der Waals surface area contributed by atoms with Crippen molar-refractivity contribution in [3.05, 3.63) is 29.8 Å². The van der Waals surface area contributed by atoms with Crippen molar-refractivity contribution in [3.8, 4) is 5.75 Å². The number of hydrogen-bond donors (Lipinski definition) is 4. The van der Waals surface area contributed by atoms with E-state index in [0.29, 0.717) is 30.1 Å². The maximum Gasteiger partial charge on any atom is 0.251 e.